The van der Waals surface area contributed by atoms with Gasteiger partial charge in [0.25, 0.3) is 0 Å². The first kappa shape index (κ1) is 24.2. The van der Waals surface area contributed by atoms with Crippen molar-refractivity contribution in [3.05, 3.63) is 108 Å². The predicted octanol–water partition coefficient (Wildman–Crippen LogP) is 8.31. The summed E-state index contributed by atoms with van der Waals surface area (Å²) in [6, 6.07) is 31.8. The number of aryl methyl sites for hydroxylation is 2. The van der Waals surface area contributed by atoms with Crippen molar-refractivity contribution in [2.24, 2.45) is 0 Å². The van der Waals surface area contributed by atoms with E-state index in [1.165, 1.54) is 10.8 Å². The molecule has 40 heavy (non-hydrogen) atoms. The second kappa shape index (κ2) is 9.42. The van der Waals surface area contributed by atoms with E-state index >= 15 is 0 Å². The van der Waals surface area contributed by atoms with E-state index in [0.29, 0.717) is 6.04 Å². The molecule has 7 rings (SSSR count). The van der Waals surface area contributed by atoms with Crippen molar-refractivity contribution in [3.8, 4) is 17.3 Å². The lowest BCUT2D eigenvalue weighted by molar-refractivity contribution is 0.479. The summed E-state index contributed by atoms with van der Waals surface area (Å²) in [6.45, 7) is 9.34. The normalized spacial score (nSPS) is 13.0. The number of hydrogen-bond donors (Lipinski definition) is 0. The summed E-state index contributed by atoms with van der Waals surface area (Å²) >= 11 is 0. The highest BCUT2D eigenvalue weighted by atomic mass is 16.5. The van der Waals surface area contributed by atoms with Gasteiger partial charge in [-0.05, 0) is 81.8 Å². The summed E-state index contributed by atoms with van der Waals surface area (Å²) in [6.07, 6.45) is 1.83. The van der Waals surface area contributed by atoms with Crippen molar-refractivity contribution in [1.82, 2.24) is 14.5 Å². The van der Waals surface area contributed by atoms with Crippen LogP contribution in [0.2, 0.25) is 0 Å². The quantitative estimate of drug-likeness (QED) is 0.226. The van der Waals surface area contributed by atoms with Crippen molar-refractivity contribution in [2.45, 2.75) is 33.7 Å². The zero-order chi connectivity index (χ0) is 27.4. The molecular formula is C34H31N5O. The Morgan fingerprint density at radius 1 is 0.800 bits per heavy atom. The molecule has 6 nitrogen and oxygen atoms in total. The zero-order valence-corrected chi connectivity index (χ0v) is 23.2. The first-order valence-corrected chi connectivity index (χ1v) is 13.7. The van der Waals surface area contributed by atoms with E-state index in [2.05, 4.69) is 107 Å². The molecule has 198 valence electrons. The van der Waals surface area contributed by atoms with Gasteiger partial charge in [-0.25, -0.2) is 9.97 Å². The van der Waals surface area contributed by atoms with Gasteiger partial charge in [0.05, 0.1) is 23.4 Å². The van der Waals surface area contributed by atoms with E-state index in [1.807, 2.05) is 37.4 Å². The number of rotatable bonds is 5. The Labute approximate surface area is 234 Å². The molecule has 3 aromatic heterocycles. The standard InChI is InChI=1S/C34H31N5O/c1-22(2)37-21-38(34-30(37)16-15-24(4)36-34)25-10-9-11-26(19-25)40-32-20-31-28(18-23(32)3)27-12-5-6-13-29(27)39(31)33-14-7-8-17-35-33/h5-20,22H,21H2,1-4H3. The van der Waals surface area contributed by atoms with Crippen molar-refractivity contribution in [3.63, 3.8) is 0 Å². The Morgan fingerprint density at radius 2 is 1.65 bits per heavy atom. The first-order valence-electron chi connectivity index (χ1n) is 13.7. The number of fused-ring (bicyclic) bond motifs is 4. The molecule has 0 saturated carbocycles. The zero-order valence-electron chi connectivity index (χ0n) is 23.2. The van der Waals surface area contributed by atoms with Crippen LogP contribution in [0.25, 0.3) is 27.6 Å². The molecule has 0 bridgehead atoms. The number of aromatic nitrogens is 3. The maximum absolute atomic E-state index is 6.60. The summed E-state index contributed by atoms with van der Waals surface area (Å²) in [5.41, 5.74) is 6.50. The van der Waals surface area contributed by atoms with E-state index in [-0.39, 0.29) is 0 Å². The Balaban J connectivity index is 1.30. The van der Waals surface area contributed by atoms with E-state index in [9.17, 15) is 0 Å². The summed E-state index contributed by atoms with van der Waals surface area (Å²) in [5.74, 6) is 3.49. The largest absolute Gasteiger partial charge is 0.457 e. The summed E-state index contributed by atoms with van der Waals surface area (Å²) < 4.78 is 8.81. The lowest BCUT2D eigenvalue weighted by atomic mass is 10.1. The highest BCUT2D eigenvalue weighted by Gasteiger charge is 2.30. The monoisotopic (exact) mass is 525 g/mol. The van der Waals surface area contributed by atoms with Gasteiger partial charge in [-0.3, -0.25) is 4.57 Å². The topological polar surface area (TPSA) is 46.4 Å². The average molecular weight is 526 g/mol. The minimum Gasteiger partial charge on any atom is -0.457 e. The summed E-state index contributed by atoms with van der Waals surface area (Å²) in [7, 11) is 0. The number of hydrogen-bond acceptors (Lipinski definition) is 5. The molecule has 0 aliphatic carbocycles. The van der Waals surface area contributed by atoms with Gasteiger partial charge < -0.3 is 14.5 Å². The number of benzene rings is 3. The number of ether oxygens (including phenoxy) is 1. The maximum Gasteiger partial charge on any atom is 0.158 e. The molecule has 1 aliphatic rings. The van der Waals surface area contributed by atoms with Gasteiger partial charge in [0.2, 0.25) is 0 Å². The highest BCUT2D eigenvalue weighted by molar-refractivity contribution is 6.09. The molecule has 0 atom stereocenters. The SMILES string of the molecule is Cc1ccc2c(n1)N(c1cccc(Oc3cc4c(cc3C)c3ccccc3n4-c3ccccn3)c1)CN2C(C)C. The predicted molar refractivity (Wildman–Crippen MR) is 163 cm³/mol. The fraction of sp³-hybridized carbons (Fsp3) is 0.176. The third-order valence-electron chi connectivity index (χ3n) is 7.68. The number of para-hydroxylation sites is 1. The van der Waals surface area contributed by atoms with Gasteiger partial charge in [0, 0.05) is 46.5 Å². The van der Waals surface area contributed by atoms with Crippen molar-refractivity contribution in [2.75, 3.05) is 16.5 Å². The molecule has 0 spiro atoms. The van der Waals surface area contributed by atoms with Crippen LogP contribution >= 0.6 is 0 Å². The van der Waals surface area contributed by atoms with E-state index < -0.39 is 0 Å². The summed E-state index contributed by atoms with van der Waals surface area (Å²) in [5, 5.41) is 2.38. The minimum absolute atomic E-state index is 0.368. The first-order chi connectivity index (χ1) is 19.5. The Bertz CT molecular complexity index is 1880. The van der Waals surface area contributed by atoms with Crippen LogP contribution in [0, 0.1) is 13.8 Å². The van der Waals surface area contributed by atoms with Gasteiger partial charge >= 0.3 is 0 Å². The second-order valence-corrected chi connectivity index (χ2v) is 10.7. The van der Waals surface area contributed by atoms with Crippen molar-refractivity contribution < 1.29 is 4.74 Å². The number of anilines is 3. The van der Waals surface area contributed by atoms with Crippen LogP contribution in [0.1, 0.15) is 25.1 Å². The Kier molecular flexibility index (Phi) is 5.70. The minimum atomic E-state index is 0.368. The molecule has 0 saturated heterocycles. The fourth-order valence-corrected chi connectivity index (χ4v) is 5.69. The molecule has 6 heteroatoms. The molecule has 0 radical (unpaired) electrons. The van der Waals surface area contributed by atoms with Gasteiger partial charge in [0.1, 0.15) is 17.3 Å². The highest BCUT2D eigenvalue weighted by Crippen LogP contribution is 2.42. The van der Waals surface area contributed by atoms with Crippen LogP contribution in [0.4, 0.5) is 17.2 Å². The Morgan fingerprint density at radius 3 is 2.48 bits per heavy atom. The molecule has 0 N–H and O–H groups in total. The molecule has 0 amide bonds. The fourth-order valence-electron chi connectivity index (χ4n) is 5.69. The van der Waals surface area contributed by atoms with Crippen LogP contribution in [-0.4, -0.2) is 27.2 Å². The van der Waals surface area contributed by atoms with E-state index in [0.717, 1.165) is 63.5 Å². The van der Waals surface area contributed by atoms with Crippen LogP contribution in [0.5, 0.6) is 11.5 Å². The third kappa shape index (κ3) is 3.95. The molecular weight excluding hydrogens is 494 g/mol. The summed E-state index contributed by atoms with van der Waals surface area (Å²) in [4.78, 5) is 14.2. The lowest BCUT2D eigenvalue weighted by Gasteiger charge is -2.25. The van der Waals surface area contributed by atoms with Crippen molar-refractivity contribution in [1.29, 1.82) is 0 Å². The van der Waals surface area contributed by atoms with Crippen LogP contribution in [-0.2, 0) is 0 Å². The van der Waals surface area contributed by atoms with E-state index in [4.69, 9.17) is 9.72 Å². The van der Waals surface area contributed by atoms with Gasteiger partial charge in [0.15, 0.2) is 5.82 Å². The van der Waals surface area contributed by atoms with Crippen LogP contribution < -0.4 is 14.5 Å². The second-order valence-electron chi connectivity index (χ2n) is 10.7. The molecule has 1 aliphatic heterocycles. The van der Waals surface area contributed by atoms with E-state index in [1.54, 1.807) is 0 Å². The number of pyridine rings is 2. The molecule has 0 unspecified atom stereocenters. The van der Waals surface area contributed by atoms with Crippen LogP contribution in [0.3, 0.4) is 0 Å². The number of nitrogens with zero attached hydrogens (tertiary/aromatic N) is 5. The Hall–Kier alpha value is -4.84. The maximum atomic E-state index is 6.60. The molecule has 0 fully saturated rings. The van der Waals surface area contributed by atoms with Gasteiger partial charge in [-0.15, -0.1) is 0 Å². The van der Waals surface area contributed by atoms with Gasteiger partial charge in [-0.2, -0.15) is 0 Å². The molecule has 6 aromatic rings. The third-order valence-corrected chi connectivity index (χ3v) is 7.68. The van der Waals surface area contributed by atoms with Crippen LogP contribution in [0.15, 0.2) is 97.2 Å². The lowest BCUT2D eigenvalue weighted by Crippen LogP contribution is -2.33. The smallest absolute Gasteiger partial charge is 0.158 e. The van der Waals surface area contributed by atoms with Crippen molar-refractivity contribution >= 4 is 39.0 Å². The molecule has 4 heterocycles. The molecule has 3 aromatic carbocycles. The van der Waals surface area contributed by atoms with Gasteiger partial charge in [-0.1, -0.05) is 30.3 Å². The average Bonchev–Trinajstić information content (AvgIpc) is 3.49.